The SMILES string of the molecule is C=CC(=O)N1CC2(CCN(c3nc4c(c(-c5cc(O)ccc5F)c3C#N)CCCC4)C2)C1. The van der Waals surface area contributed by atoms with Crippen LogP contribution >= 0.6 is 0 Å². The molecule has 2 saturated heterocycles. The highest BCUT2D eigenvalue weighted by Gasteiger charge is 2.49. The van der Waals surface area contributed by atoms with Crippen molar-refractivity contribution in [3.8, 4) is 22.9 Å². The Morgan fingerprint density at radius 3 is 2.81 bits per heavy atom. The van der Waals surface area contributed by atoms with E-state index in [0.29, 0.717) is 36.6 Å². The fourth-order valence-corrected chi connectivity index (χ4v) is 5.49. The summed E-state index contributed by atoms with van der Waals surface area (Å²) >= 11 is 0. The van der Waals surface area contributed by atoms with Gasteiger partial charge in [0.2, 0.25) is 5.91 Å². The number of aryl methyl sites for hydroxylation is 1. The second-order valence-corrected chi connectivity index (χ2v) is 9.16. The van der Waals surface area contributed by atoms with Gasteiger partial charge in [0.05, 0.1) is 0 Å². The molecule has 0 atom stereocenters. The van der Waals surface area contributed by atoms with Crippen LogP contribution in [0.2, 0.25) is 0 Å². The van der Waals surface area contributed by atoms with Gasteiger partial charge in [0.15, 0.2) is 0 Å². The molecule has 3 heterocycles. The van der Waals surface area contributed by atoms with Crippen LogP contribution in [0, 0.1) is 22.6 Å². The average Bonchev–Trinajstić information content (AvgIpc) is 3.23. The third kappa shape index (κ3) is 3.22. The van der Waals surface area contributed by atoms with Crippen molar-refractivity contribution in [2.45, 2.75) is 32.1 Å². The lowest BCUT2D eigenvalue weighted by Crippen LogP contribution is -2.59. The Morgan fingerprint density at radius 2 is 2.06 bits per heavy atom. The maximum atomic E-state index is 14.9. The molecule has 5 rings (SSSR count). The standard InChI is InChI=1S/C25H25FN4O2/c1-2-22(32)30-14-25(15-30)9-10-29(13-25)24-19(12-27)23(17-5-3-4-6-21(17)28-24)18-11-16(31)7-8-20(18)26/h2,7-8,11,31H,1,3-6,9-10,13-15H2. The molecule has 0 bridgehead atoms. The van der Waals surface area contributed by atoms with E-state index >= 15 is 0 Å². The van der Waals surface area contributed by atoms with Gasteiger partial charge in [0.25, 0.3) is 0 Å². The average molecular weight is 432 g/mol. The minimum absolute atomic E-state index is 0.000588. The molecule has 1 spiro atoms. The van der Waals surface area contributed by atoms with Crippen LogP contribution in [-0.2, 0) is 17.6 Å². The van der Waals surface area contributed by atoms with Gasteiger partial charge in [-0.15, -0.1) is 0 Å². The van der Waals surface area contributed by atoms with E-state index in [4.69, 9.17) is 4.98 Å². The topological polar surface area (TPSA) is 80.5 Å². The van der Waals surface area contributed by atoms with Gasteiger partial charge in [0.1, 0.15) is 29.0 Å². The first kappa shape index (κ1) is 20.5. The zero-order chi connectivity index (χ0) is 22.5. The summed E-state index contributed by atoms with van der Waals surface area (Å²) in [5, 5.41) is 20.2. The zero-order valence-electron chi connectivity index (χ0n) is 17.9. The number of likely N-dealkylation sites (tertiary alicyclic amines) is 1. The first-order valence-electron chi connectivity index (χ1n) is 11.1. The molecule has 2 aromatic rings. The van der Waals surface area contributed by atoms with Crippen molar-refractivity contribution in [2.24, 2.45) is 5.41 Å². The van der Waals surface area contributed by atoms with Crippen molar-refractivity contribution in [2.75, 3.05) is 31.1 Å². The van der Waals surface area contributed by atoms with E-state index in [1.54, 1.807) is 4.90 Å². The molecular formula is C25H25FN4O2. The molecule has 1 aromatic carbocycles. The molecule has 0 unspecified atom stereocenters. The Bertz CT molecular complexity index is 1160. The third-order valence-corrected chi connectivity index (χ3v) is 7.06. The normalized spacial score (nSPS) is 18.8. The first-order chi connectivity index (χ1) is 15.4. The lowest BCUT2D eigenvalue weighted by atomic mass is 9.79. The summed E-state index contributed by atoms with van der Waals surface area (Å²) in [5.41, 5.74) is 3.02. The minimum atomic E-state index is -0.459. The number of phenolic OH excluding ortho intramolecular Hbond substituents is 1. The number of pyridine rings is 1. The maximum Gasteiger partial charge on any atom is 0.245 e. The highest BCUT2D eigenvalue weighted by molar-refractivity contribution is 5.88. The largest absolute Gasteiger partial charge is 0.508 e. The fourth-order valence-electron chi connectivity index (χ4n) is 5.49. The number of hydrogen-bond acceptors (Lipinski definition) is 5. The fraction of sp³-hybridized carbons (Fsp3) is 0.400. The monoisotopic (exact) mass is 432 g/mol. The van der Waals surface area contributed by atoms with Crippen molar-refractivity contribution in [3.63, 3.8) is 0 Å². The van der Waals surface area contributed by atoms with Gasteiger partial charge in [-0.2, -0.15) is 5.26 Å². The lowest BCUT2D eigenvalue weighted by molar-refractivity contribution is -0.136. The number of rotatable bonds is 3. The second-order valence-electron chi connectivity index (χ2n) is 9.16. The summed E-state index contributed by atoms with van der Waals surface area (Å²) < 4.78 is 14.9. The second kappa shape index (κ2) is 7.63. The van der Waals surface area contributed by atoms with Crippen LogP contribution in [0.5, 0.6) is 5.75 Å². The third-order valence-electron chi connectivity index (χ3n) is 7.06. The van der Waals surface area contributed by atoms with Gasteiger partial charge in [-0.05, 0) is 61.9 Å². The van der Waals surface area contributed by atoms with Crippen molar-refractivity contribution in [1.29, 1.82) is 5.26 Å². The Labute approximate surface area is 186 Å². The number of anilines is 1. The lowest BCUT2D eigenvalue weighted by Gasteiger charge is -2.47. The van der Waals surface area contributed by atoms with E-state index in [-0.39, 0.29) is 22.6 Å². The van der Waals surface area contributed by atoms with Crippen molar-refractivity contribution >= 4 is 11.7 Å². The van der Waals surface area contributed by atoms with E-state index in [2.05, 4.69) is 17.5 Å². The molecular weight excluding hydrogens is 407 g/mol. The number of carbonyl (C=O) groups is 1. The summed E-state index contributed by atoms with van der Waals surface area (Å²) in [7, 11) is 0. The number of aromatic hydroxyl groups is 1. The number of benzene rings is 1. The first-order valence-corrected chi connectivity index (χ1v) is 11.1. The summed E-state index contributed by atoms with van der Waals surface area (Å²) in [4.78, 5) is 20.7. The molecule has 0 saturated carbocycles. The summed E-state index contributed by atoms with van der Waals surface area (Å²) in [6, 6.07) is 6.27. The van der Waals surface area contributed by atoms with E-state index in [1.807, 2.05) is 0 Å². The molecule has 1 N–H and O–H groups in total. The van der Waals surface area contributed by atoms with E-state index in [0.717, 1.165) is 49.9 Å². The van der Waals surface area contributed by atoms with Crippen molar-refractivity contribution < 1.29 is 14.3 Å². The van der Waals surface area contributed by atoms with Crippen LogP contribution in [0.1, 0.15) is 36.1 Å². The predicted molar refractivity (Wildman–Crippen MR) is 119 cm³/mol. The molecule has 7 heteroatoms. The number of nitrogens with zero attached hydrogens (tertiary/aromatic N) is 4. The highest BCUT2D eigenvalue weighted by Crippen LogP contribution is 2.45. The van der Waals surface area contributed by atoms with Crippen LogP contribution in [0.25, 0.3) is 11.1 Å². The Hall–Kier alpha value is -3.40. The number of halogens is 1. The molecule has 1 aromatic heterocycles. The minimum Gasteiger partial charge on any atom is -0.508 e. The van der Waals surface area contributed by atoms with Crippen LogP contribution in [0.15, 0.2) is 30.9 Å². The number of carbonyl (C=O) groups excluding carboxylic acids is 1. The molecule has 32 heavy (non-hydrogen) atoms. The van der Waals surface area contributed by atoms with Gasteiger partial charge in [-0.25, -0.2) is 9.37 Å². The van der Waals surface area contributed by atoms with Crippen LogP contribution in [0.4, 0.5) is 10.2 Å². The summed E-state index contributed by atoms with van der Waals surface area (Å²) in [6.45, 7) is 6.35. The molecule has 3 aliphatic rings. The maximum absolute atomic E-state index is 14.9. The molecule has 1 amide bonds. The summed E-state index contributed by atoms with van der Waals surface area (Å²) in [5.74, 6) is 0.0473. The molecule has 164 valence electrons. The Morgan fingerprint density at radius 1 is 1.28 bits per heavy atom. The number of phenols is 1. The van der Waals surface area contributed by atoms with E-state index in [9.17, 15) is 19.6 Å². The van der Waals surface area contributed by atoms with Crippen molar-refractivity contribution in [3.05, 3.63) is 53.5 Å². The Kier molecular flexibility index (Phi) is 4.89. The van der Waals surface area contributed by atoms with Crippen molar-refractivity contribution in [1.82, 2.24) is 9.88 Å². The van der Waals surface area contributed by atoms with Gasteiger partial charge in [-0.3, -0.25) is 4.79 Å². The molecule has 2 aliphatic heterocycles. The van der Waals surface area contributed by atoms with E-state index < -0.39 is 5.82 Å². The van der Waals surface area contributed by atoms with Crippen LogP contribution < -0.4 is 4.90 Å². The molecule has 6 nitrogen and oxygen atoms in total. The van der Waals surface area contributed by atoms with Crippen LogP contribution in [0.3, 0.4) is 0 Å². The van der Waals surface area contributed by atoms with E-state index in [1.165, 1.54) is 24.3 Å². The summed E-state index contributed by atoms with van der Waals surface area (Å²) in [6.07, 6.45) is 5.76. The molecule has 0 radical (unpaired) electrons. The quantitative estimate of drug-likeness (QED) is 0.750. The molecule has 2 fully saturated rings. The predicted octanol–water partition coefficient (Wildman–Crippen LogP) is 3.57. The number of nitriles is 1. The number of amides is 1. The molecule has 1 aliphatic carbocycles. The smallest absolute Gasteiger partial charge is 0.245 e. The van der Waals surface area contributed by atoms with Gasteiger partial charge in [-0.1, -0.05) is 6.58 Å². The van der Waals surface area contributed by atoms with Gasteiger partial charge in [0, 0.05) is 48.4 Å². The van der Waals surface area contributed by atoms with Crippen LogP contribution in [-0.4, -0.2) is 47.1 Å². The van der Waals surface area contributed by atoms with Gasteiger partial charge < -0.3 is 14.9 Å². The Balaban J connectivity index is 1.57. The number of aromatic nitrogens is 1. The van der Waals surface area contributed by atoms with Gasteiger partial charge >= 0.3 is 0 Å². The highest BCUT2D eigenvalue weighted by atomic mass is 19.1. The number of fused-ring (bicyclic) bond motifs is 1. The zero-order valence-corrected chi connectivity index (χ0v) is 17.9. The number of hydrogen-bond donors (Lipinski definition) is 1.